The van der Waals surface area contributed by atoms with Crippen LogP contribution in [0.2, 0.25) is 0 Å². The van der Waals surface area contributed by atoms with Gasteiger partial charge in [-0.2, -0.15) is 16.4 Å². The molecule has 4 rings (SSSR count). The smallest absolute Gasteiger partial charge is 0.272 e. The Balaban J connectivity index is 1.37. The molecule has 1 spiro atoms. The molecule has 31 heavy (non-hydrogen) atoms. The number of rotatable bonds is 3. The number of thiophene rings is 1. The highest BCUT2D eigenvalue weighted by molar-refractivity contribution is 7.08. The average Bonchev–Trinajstić information content (AvgIpc) is 3.46. The number of carbonyl (C=O) groups is 2. The van der Waals surface area contributed by atoms with Crippen LogP contribution in [0.15, 0.2) is 29.0 Å². The molecule has 2 aliphatic rings. The molecule has 2 amide bonds. The molecule has 2 aromatic rings. The van der Waals surface area contributed by atoms with Crippen molar-refractivity contribution in [2.75, 3.05) is 26.2 Å². The lowest BCUT2D eigenvalue weighted by Crippen LogP contribution is -2.44. The van der Waals surface area contributed by atoms with Crippen LogP contribution >= 0.6 is 11.3 Å². The summed E-state index contributed by atoms with van der Waals surface area (Å²) in [6.45, 7) is 11.2. The quantitative estimate of drug-likeness (QED) is 0.673. The molecule has 2 fully saturated rings. The topological polar surface area (TPSA) is 58.4 Å². The fourth-order valence-electron chi connectivity index (χ4n) is 4.69. The van der Waals surface area contributed by atoms with E-state index in [1.165, 1.54) is 0 Å². The number of aryl methyl sites for hydroxylation is 1. The van der Waals surface area contributed by atoms with Crippen LogP contribution < -0.4 is 0 Å². The molecule has 0 aliphatic carbocycles. The number of piperidine rings is 1. The van der Waals surface area contributed by atoms with E-state index in [4.69, 9.17) is 0 Å². The number of carbonyl (C=O) groups excluding carboxylic acids is 2. The van der Waals surface area contributed by atoms with Gasteiger partial charge in [-0.05, 0) is 86.9 Å². The molecule has 0 bridgehead atoms. The highest BCUT2D eigenvalue weighted by atomic mass is 32.1. The molecule has 2 aliphatic heterocycles. The zero-order valence-electron chi connectivity index (χ0n) is 18.9. The fraction of sp³-hybridized carbons (Fsp3) is 0.542. The van der Waals surface area contributed by atoms with Crippen LogP contribution in [0.25, 0.3) is 6.08 Å². The largest absolute Gasteiger partial charge is 0.339 e. The molecule has 0 radical (unpaired) electrons. The van der Waals surface area contributed by atoms with Gasteiger partial charge in [0.05, 0.1) is 11.2 Å². The molecule has 0 unspecified atom stereocenters. The highest BCUT2D eigenvalue weighted by Crippen LogP contribution is 2.41. The van der Waals surface area contributed by atoms with Gasteiger partial charge in [-0.3, -0.25) is 14.3 Å². The third-order valence-electron chi connectivity index (χ3n) is 6.51. The van der Waals surface area contributed by atoms with Crippen molar-refractivity contribution >= 4 is 29.2 Å². The van der Waals surface area contributed by atoms with E-state index in [1.807, 2.05) is 50.4 Å². The average molecular weight is 441 g/mol. The number of hydrogen-bond acceptors (Lipinski definition) is 4. The first-order valence-electron chi connectivity index (χ1n) is 11.0. The molecule has 0 atom stereocenters. The van der Waals surface area contributed by atoms with E-state index in [9.17, 15) is 9.59 Å². The Morgan fingerprint density at radius 1 is 1.13 bits per heavy atom. The zero-order chi connectivity index (χ0) is 22.2. The fourth-order valence-corrected chi connectivity index (χ4v) is 5.31. The summed E-state index contributed by atoms with van der Waals surface area (Å²) < 4.78 is 1.86. The van der Waals surface area contributed by atoms with Gasteiger partial charge in [0.15, 0.2) is 0 Å². The summed E-state index contributed by atoms with van der Waals surface area (Å²) in [4.78, 5) is 29.8. The molecule has 166 valence electrons. The molecule has 0 N–H and O–H groups in total. The van der Waals surface area contributed by atoms with Gasteiger partial charge in [0.2, 0.25) is 5.91 Å². The van der Waals surface area contributed by atoms with Crippen LogP contribution in [-0.4, -0.2) is 57.6 Å². The van der Waals surface area contributed by atoms with Gasteiger partial charge in [-0.15, -0.1) is 0 Å². The number of nitrogens with zero attached hydrogens (tertiary/aromatic N) is 4. The van der Waals surface area contributed by atoms with Crippen LogP contribution in [0.3, 0.4) is 0 Å². The second-order valence-corrected chi connectivity index (χ2v) is 10.7. The first kappa shape index (κ1) is 21.8. The van der Waals surface area contributed by atoms with Crippen LogP contribution in [0.5, 0.6) is 0 Å². The molecule has 7 heteroatoms. The Morgan fingerprint density at radius 2 is 1.81 bits per heavy atom. The minimum Gasteiger partial charge on any atom is -0.339 e. The first-order valence-corrected chi connectivity index (χ1v) is 12.0. The third-order valence-corrected chi connectivity index (χ3v) is 7.21. The summed E-state index contributed by atoms with van der Waals surface area (Å²) in [5.74, 6) is 0.154. The second-order valence-electron chi connectivity index (χ2n) is 9.95. The van der Waals surface area contributed by atoms with Crippen molar-refractivity contribution in [1.29, 1.82) is 0 Å². The predicted molar refractivity (Wildman–Crippen MR) is 124 cm³/mol. The Morgan fingerprint density at radius 3 is 2.42 bits per heavy atom. The van der Waals surface area contributed by atoms with Crippen molar-refractivity contribution in [3.63, 3.8) is 0 Å². The molecule has 0 aromatic carbocycles. The van der Waals surface area contributed by atoms with Gasteiger partial charge < -0.3 is 9.80 Å². The maximum absolute atomic E-state index is 13.3. The lowest BCUT2D eigenvalue weighted by Gasteiger charge is -2.39. The van der Waals surface area contributed by atoms with E-state index in [0.29, 0.717) is 5.69 Å². The Bertz CT molecular complexity index is 976. The molecule has 6 nitrogen and oxygen atoms in total. The van der Waals surface area contributed by atoms with Crippen LogP contribution in [-0.2, 0) is 10.3 Å². The summed E-state index contributed by atoms with van der Waals surface area (Å²) in [5, 5.41) is 8.61. The number of amides is 2. The van der Waals surface area contributed by atoms with Crippen LogP contribution in [0, 0.1) is 12.3 Å². The van der Waals surface area contributed by atoms with E-state index < -0.39 is 0 Å². The van der Waals surface area contributed by atoms with Gasteiger partial charge in [-0.25, -0.2) is 0 Å². The molecule has 2 saturated heterocycles. The van der Waals surface area contributed by atoms with E-state index in [0.717, 1.165) is 56.7 Å². The predicted octanol–water partition coefficient (Wildman–Crippen LogP) is 4.18. The summed E-state index contributed by atoms with van der Waals surface area (Å²) >= 11 is 1.63. The normalized spacial score (nSPS) is 19.0. The van der Waals surface area contributed by atoms with Gasteiger partial charge in [-0.1, -0.05) is 0 Å². The zero-order valence-corrected chi connectivity index (χ0v) is 19.7. The van der Waals surface area contributed by atoms with Crippen LogP contribution in [0.4, 0.5) is 0 Å². The van der Waals surface area contributed by atoms with Crippen molar-refractivity contribution in [2.45, 2.75) is 52.5 Å². The number of hydrogen-bond donors (Lipinski definition) is 0. The molecular formula is C24H32N4O2S. The molecular weight excluding hydrogens is 408 g/mol. The van der Waals surface area contributed by atoms with Crippen molar-refractivity contribution < 1.29 is 9.59 Å². The number of likely N-dealkylation sites (tertiary alicyclic amines) is 2. The van der Waals surface area contributed by atoms with Crippen molar-refractivity contribution in [2.24, 2.45) is 5.41 Å². The van der Waals surface area contributed by atoms with Gasteiger partial charge >= 0.3 is 0 Å². The maximum Gasteiger partial charge on any atom is 0.272 e. The van der Waals surface area contributed by atoms with Crippen LogP contribution in [0.1, 0.15) is 61.8 Å². The molecule has 0 saturated carbocycles. The molecule has 4 heterocycles. The van der Waals surface area contributed by atoms with E-state index in [1.54, 1.807) is 17.4 Å². The molecule has 2 aromatic heterocycles. The number of aromatic nitrogens is 2. The summed E-state index contributed by atoms with van der Waals surface area (Å²) in [6, 6.07) is 3.91. The minimum atomic E-state index is -0.237. The lowest BCUT2D eigenvalue weighted by atomic mass is 9.78. The Hall–Kier alpha value is -2.41. The van der Waals surface area contributed by atoms with Gasteiger partial charge in [0.1, 0.15) is 5.69 Å². The van der Waals surface area contributed by atoms with Crippen molar-refractivity contribution in [3.8, 4) is 0 Å². The monoisotopic (exact) mass is 440 g/mol. The standard InChI is InChI=1S/C24H32N4O2S/c1-18-15-20(28(25-18)23(2,3)4)22(30)27-13-10-24(17-27)8-11-26(12-9-24)21(29)6-5-19-7-14-31-16-19/h5-7,14-16H,8-13,17H2,1-4H3. The Labute approximate surface area is 188 Å². The summed E-state index contributed by atoms with van der Waals surface area (Å²) in [7, 11) is 0. The van der Waals surface area contributed by atoms with Gasteiger partial charge in [0.25, 0.3) is 5.91 Å². The van der Waals surface area contributed by atoms with E-state index in [2.05, 4.69) is 25.9 Å². The minimum absolute atomic E-state index is 0.0737. The van der Waals surface area contributed by atoms with Crippen molar-refractivity contribution in [3.05, 3.63) is 45.9 Å². The third kappa shape index (κ3) is 4.61. The summed E-state index contributed by atoms with van der Waals surface area (Å²) in [5.41, 5.74) is 2.51. The van der Waals surface area contributed by atoms with E-state index >= 15 is 0 Å². The lowest BCUT2D eigenvalue weighted by molar-refractivity contribution is -0.128. The van der Waals surface area contributed by atoms with Crippen molar-refractivity contribution in [1.82, 2.24) is 19.6 Å². The summed E-state index contributed by atoms with van der Waals surface area (Å²) in [6.07, 6.45) is 6.48. The highest BCUT2D eigenvalue weighted by Gasteiger charge is 2.43. The second kappa shape index (κ2) is 8.26. The first-order chi connectivity index (χ1) is 14.7. The van der Waals surface area contributed by atoms with Gasteiger partial charge in [0, 0.05) is 32.3 Å². The SMILES string of the molecule is Cc1cc(C(=O)N2CCC3(CCN(C(=O)C=Cc4ccsc4)CC3)C2)n(C(C)(C)C)n1. The maximum atomic E-state index is 13.3. The Kier molecular flexibility index (Phi) is 5.81. The van der Waals surface area contributed by atoms with E-state index in [-0.39, 0.29) is 22.8 Å².